The normalized spacial score (nSPS) is 20.5. The van der Waals surface area contributed by atoms with Gasteiger partial charge in [-0.25, -0.2) is 0 Å². The zero-order valence-electron chi connectivity index (χ0n) is 55.6. The number of nitrogens with zero attached hydrogens (tertiary/aromatic N) is 3. The van der Waals surface area contributed by atoms with Gasteiger partial charge in [0.1, 0.15) is 5.58 Å². The Morgan fingerprint density at radius 2 is 1.07 bits per heavy atom. The maximum atomic E-state index is 7.34. The Hall–Kier alpha value is -6.76. The molecule has 2 aromatic heterocycles. The number of hydrogen-bond donors (Lipinski definition) is 0. The van der Waals surface area contributed by atoms with Crippen LogP contribution in [0.3, 0.4) is 0 Å². The fraction of sp³-hybridized carbons (Fsp3) is 0.407. The molecule has 6 heteroatoms. The summed E-state index contributed by atoms with van der Waals surface area (Å²) < 4.78 is 10.0. The lowest BCUT2D eigenvalue weighted by Gasteiger charge is -2.51. The molecular formula is C81H90BN3OS. The van der Waals surface area contributed by atoms with Crippen molar-refractivity contribution in [2.24, 2.45) is 0 Å². The van der Waals surface area contributed by atoms with E-state index in [0.29, 0.717) is 0 Å². The lowest BCUT2D eigenvalue weighted by molar-refractivity contribution is 0.195. The molecule has 1 fully saturated rings. The van der Waals surface area contributed by atoms with Gasteiger partial charge in [-0.3, -0.25) is 0 Å². The molecule has 10 aromatic rings. The number of para-hydroxylation sites is 1. The van der Waals surface area contributed by atoms with Gasteiger partial charge in [0.05, 0.1) is 21.6 Å². The number of anilines is 8. The van der Waals surface area contributed by atoms with Gasteiger partial charge in [-0.1, -0.05) is 191 Å². The summed E-state index contributed by atoms with van der Waals surface area (Å²) in [5.41, 5.74) is 26.8. The van der Waals surface area contributed by atoms with Gasteiger partial charge < -0.3 is 19.1 Å². The van der Waals surface area contributed by atoms with Gasteiger partial charge in [0.2, 0.25) is 0 Å². The summed E-state index contributed by atoms with van der Waals surface area (Å²) in [6.07, 6.45) is 7.09. The number of furan rings is 1. The van der Waals surface area contributed by atoms with Gasteiger partial charge in [0.15, 0.2) is 5.58 Å². The van der Waals surface area contributed by atoms with Crippen molar-refractivity contribution in [3.63, 3.8) is 0 Å². The molecule has 5 aliphatic rings. The molecule has 0 bridgehead atoms. The molecule has 0 amide bonds. The molecule has 5 heterocycles. The first-order chi connectivity index (χ1) is 40.8. The first kappa shape index (κ1) is 56.7. The van der Waals surface area contributed by atoms with Crippen molar-refractivity contribution < 1.29 is 4.42 Å². The molecule has 2 unspecified atom stereocenters. The van der Waals surface area contributed by atoms with E-state index >= 15 is 0 Å². The van der Waals surface area contributed by atoms with Gasteiger partial charge in [0, 0.05) is 65.8 Å². The fourth-order valence-electron chi connectivity index (χ4n) is 16.8. The Balaban J connectivity index is 1.07. The van der Waals surface area contributed by atoms with Crippen LogP contribution in [0.5, 0.6) is 0 Å². The first-order valence-corrected chi connectivity index (χ1v) is 33.6. The third kappa shape index (κ3) is 8.12. The van der Waals surface area contributed by atoms with E-state index in [9.17, 15) is 0 Å². The Labute approximate surface area is 523 Å². The lowest BCUT2D eigenvalue weighted by atomic mass is 9.33. The zero-order chi connectivity index (χ0) is 61.4. The van der Waals surface area contributed by atoms with E-state index in [2.05, 4.69) is 274 Å². The summed E-state index contributed by atoms with van der Waals surface area (Å²) in [6, 6.07) is 51.8. The average Bonchev–Trinajstić information content (AvgIpc) is 1.68. The summed E-state index contributed by atoms with van der Waals surface area (Å²) in [4.78, 5) is 8.25. The van der Waals surface area contributed by atoms with E-state index in [0.717, 1.165) is 40.5 Å². The molecule has 0 saturated heterocycles. The highest BCUT2D eigenvalue weighted by Crippen LogP contribution is 2.62. The van der Waals surface area contributed by atoms with Gasteiger partial charge in [-0.05, 0) is 200 Å². The highest BCUT2D eigenvalue weighted by Gasteiger charge is 2.58. The predicted molar refractivity (Wildman–Crippen MR) is 378 cm³/mol. The van der Waals surface area contributed by atoms with E-state index in [-0.39, 0.29) is 50.2 Å². The number of fused-ring (bicyclic) bond motifs is 15. The molecular weight excluding hydrogens is 1070 g/mol. The summed E-state index contributed by atoms with van der Waals surface area (Å²) in [7, 11) is 0. The number of thiophene rings is 1. The number of aryl methyl sites for hydroxylation is 1. The first-order valence-electron chi connectivity index (χ1n) is 32.8. The summed E-state index contributed by atoms with van der Waals surface area (Å²) in [5.74, 6) is 0. The van der Waals surface area contributed by atoms with Crippen LogP contribution in [-0.4, -0.2) is 12.3 Å². The molecule has 444 valence electrons. The van der Waals surface area contributed by atoms with Crippen molar-refractivity contribution in [3.05, 3.63) is 172 Å². The van der Waals surface area contributed by atoms with Crippen LogP contribution >= 0.6 is 11.3 Å². The highest BCUT2D eigenvalue weighted by molar-refractivity contribution is 7.26. The maximum absolute atomic E-state index is 7.34. The summed E-state index contributed by atoms with van der Waals surface area (Å²) >= 11 is 1.99. The largest absolute Gasteiger partial charge is 0.454 e. The van der Waals surface area contributed by atoms with Crippen molar-refractivity contribution in [2.45, 2.75) is 214 Å². The third-order valence-corrected chi connectivity index (χ3v) is 23.8. The van der Waals surface area contributed by atoms with Crippen LogP contribution in [0, 0.1) is 6.92 Å². The molecule has 4 nitrogen and oxygen atoms in total. The quantitative estimate of drug-likeness (QED) is 0.164. The number of rotatable bonds is 3. The van der Waals surface area contributed by atoms with Crippen molar-refractivity contribution in [1.29, 1.82) is 0 Å². The van der Waals surface area contributed by atoms with Crippen LogP contribution in [0.1, 0.15) is 208 Å². The minimum Gasteiger partial charge on any atom is -0.454 e. The Morgan fingerprint density at radius 1 is 0.460 bits per heavy atom. The van der Waals surface area contributed by atoms with Gasteiger partial charge in [-0.2, -0.15) is 0 Å². The third-order valence-electron chi connectivity index (χ3n) is 22.6. The molecule has 2 aliphatic carbocycles. The number of benzene rings is 8. The number of hydrogen-bond acceptors (Lipinski definition) is 5. The molecule has 2 atom stereocenters. The van der Waals surface area contributed by atoms with E-state index < -0.39 is 0 Å². The predicted octanol–water partition coefficient (Wildman–Crippen LogP) is 21.6. The molecule has 87 heavy (non-hydrogen) atoms. The molecule has 0 spiro atoms. The van der Waals surface area contributed by atoms with Gasteiger partial charge >= 0.3 is 0 Å². The van der Waals surface area contributed by atoms with E-state index in [1.165, 1.54) is 147 Å². The Bertz CT molecular complexity index is 4600. The van der Waals surface area contributed by atoms with Gasteiger partial charge in [0.25, 0.3) is 6.71 Å². The van der Waals surface area contributed by atoms with Crippen molar-refractivity contribution >= 4 is 122 Å². The van der Waals surface area contributed by atoms with Crippen LogP contribution in [0.25, 0.3) is 42.1 Å². The van der Waals surface area contributed by atoms with Crippen molar-refractivity contribution in [2.75, 3.05) is 14.7 Å². The standard InChI is InChI=1S/C81H90BN3OS/c1-47-39-57-58(79(16,17)38-37-78(57,14)15)46-64(47)84-67-44-51(77(11,12)13)43-66-70(67)82(61-31-29-54-56-41-49(75(5,6)7)27-34-69(56)87-73(54)71(61)84)60-30-28-52(85-62-32-25-50(76(8,9)10)42-59(62)80(18)35-20-21-36-81(80,85)19)45-65(60)83(66)63-24-22-23-53-55-40-48(74(2,3)4)26-33-68(55)86-72(53)63/h22-34,39-46H,20-21,35-38H2,1-19H3. The minimum atomic E-state index is -0.204. The van der Waals surface area contributed by atoms with Crippen LogP contribution in [0.4, 0.5) is 45.5 Å². The van der Waals surface area contributed by atoms with Crippen LogP contribution in [0.2, 0.25) is 0 Å². The van der Waals surface area contributed by atoms with E-state index in [4.69, 9.17) is 4.42 Å². The Kier molecular flexibility index (Phi) is 11.9. The Morgan fingerprint density at radius 3 is 1.76 bits per heavy atom. The highest BCUT2D eigenvalue weighted by atomic mass is 32.1. The van der Waals surface area contributed by atoms with Gasteiger partial charge in [-0.15, -0.1) is 11.3 Å². The fourth-order valence-corrected chi connectivity index (χ4v) is 18.1. The molecule has 0 N–H and O–H groups in total. The van der Waals surface area contributed by atoms with Crippen LogP contribution in [-0.2, 0) is 37.9 Å². The topological polar surface area (TPSA) is 22.9 Å². The second kappa shape index (κ2) is 18.2. The zero-order valence-corrected chi connectivity index (χ0v) is 56.4. The van der Waals surface area contributed by atoms with Crippen molar-refractivity contribution in [3.8, 4) is 0 Å². The van der Waals surface area contributed by atoms with E-state index in [1.807, 2.05) is 11.3 Å². The average molecular weight is 1160 g/mol. The SMILES string of the molecule is Cc1cc2c(cc1N1c3cc(C(C)(C)C)cc4c3B(c3ccc(N5c6ccc(C(C)(C)C)cc6C6(C)CCCCC56C)cc3N4c3cccc4c3oc3ccc(C(C)(C)C)cc34)c3ccc4c(sc5ccc(C(C)(C)C)cc54)c31)C(C)(C)CCC2(C)C. The van der Waals surface area contributed by atoms with Crippen LogP contribution in [0.15, 0.2) is 132 Å². The molecule has 3 aliphatic heterocycles. The second-order valence-corrected chi connectivity index (χ2v) is 34.3. The molecule has 1 saturated carbocycles. The van der Waals surface area contributed by atoms with Crippen molar-refractivity contribution in [1.82, 2.24) is 0 Å². The van der Waals surface area contributed by atoms with E-state index in [1.54, 1.807) is 0 Å². The lowest BCUT2D eigenvalue weighted by Crippen LogP contribution is -2.61. The smallest absolute Gasteiger partial charge is 0.252 e. The minimum absolute atomic E-state index is 0.0113. The summed E-state index contributed by atoms with van der Waals surface area (Å²) in [5, 5.41) is 4.99. The second-order valence-electron chi connectivity index (χ2n) is 33.3. The summed E-state index contributed by atoms with van der Waals surface area (Å²) in [6.45, 7) is 45.8. The molecule has 15 rings (SSSR count). The van der Waals surface area contributed by atoms with Crippen LogP contribution < -0.4 is 31.1 Å². The maximum Gasteiger partial charge on any atom is 0.252 e. The molecule has 8 aromatic carbocycles. The monoisotopic (exact) mass is 1160 g/mol. The molecule has 0 radical (unpaired) electrons.